The highest BCUT2D eigenvalue weighted by Crippen LogP contribution is 2.15. The minimum Gasteiger partial charge on any atom is -0.317 e. The van der Waals surface area contributed by atoms with Crippen molar-refractivity contribution in [2.75, 3.05) is 13.1 Å². The second kappa shape index (κ2) is 5.13. The van der Waals surface area contributed by atoms with Crippen LogP contribution in [-0.2, 0) is 6.54 Å². The summed E-state index contributed by atoms with van der Waals surface area (Å²) in [7, 11) is 0. The Bertz CT molecular complexity index is 644. The van der Waals surface area contributed by atoms with Gasteiger partial charge in [-0.15, -0.1) is 0 Å². The van der Waals surface area contributed by atoms with E-state index in [0.717, 1.165) is 32.5 Å². The molecule has 4 heteroatoms. The molecule has 0 unspecified atom stereocenters. The number of piperidine rings is 1. The van der Waals surface area contributed by atoms with Crippen molar-refractivity contribution in [3.63, 3.8) is 0 Å². The first-order valence-corrected chi connectivity index (χ1v) is 6.73. The highest BCUT2D eigenvalue weighted by molar-refractivity contribution is 5.81. The van der Waals surface area contributed by atoms with Crippen LogP contribution in [0.2, 0.25) is 0 Å². The number of aromatic nitrogens is 1. The minimum absolute atomic E-state index is 0.0176. The zero-order chi connectivity index (χ0) is 13.2. The number of nitrogens with zero attached hydrogens (tertiary/aromatic N) is 1. The van der Waals surface area contributed by atoms with Crippen LogP contribution in [0.1, 0.15) is 12.8 Å². The van der Waals surface area contributed by atoms with E-state index in [-0.39, 0.29) is 11.4 Å². The monoisotopic (exact) mass is 260 g/mol. The molecule has 0 aliphatic carbocycles. The summed E-state index contributed by atoms with van der Waals surface area (Å²) in [4.78, 5) is 12.3. The van der Waals surface area contributed by atoms with Crippen LogP contribution in [0, 0.1) is 11.7 Å². The molecule has 1 aliphatic rings. The van der Waals surface area contributed by atoms with Crippen molar-refractivity contribution in [1.29, 1.82) is 0 Å². The number of fused-ring (bicyclic) bond motifs is 1. The predicted octanol–water partition coefficient (Wildman–Crippen LogP) is 2.14. The van der Waals surface area contributed by atoms with Crippen LogP contribution in [-0.4, -0.2) is 17.7 Å². The summed E-state index contributed by atoms with van der Waals surface area (Å²) in [6, 6.07) is 6.15. The molecule has 3 rings (SSSR count). The van der Waals surface area contributed by atoms with Crippen LogP contribution in [0.25, 0.3) is 10.8 Å². The normalized spacial score (nSPS) is 16.9. The third-order valence-electron chi connectivity index (χ3n) is 3.85. The molecule has 0 amide bonds. The van der Waals surface area contributed by atoms with Crippen molar-refractivity contribution in [2.45, 2.75) is 19.4 Å². The Morgan fingerprint density at radius 3 is 2.84 bits per heavy atom. The second-order valence-electron chi connectivity index (χ2n) is 5.20. The van der Waals surface area contributed by atoms with Gasteiger partial charge in [-0.2, -0.15) is 0 Å². The van der Waals surface area contributed by atoms with E-state index in [1.165, 1.54) is 12.1 Å². The third kappa shape index (κ3) is 2.54. The maximum Gasteiger partial charge on any atom is 0.258 e. The Balaban J connectivity index is 1.93. The Hall–Kier alpha value is -1.68. The first-order valence-electron chi connectivity index (χ1n) is 6.73. The highest BCUT2D eigenvalue weighted by Gasteiger charge is 2.14. The van der Waals surface area contributed by atoms with Crippen LogP contribution < -0.4 is 10.9 Å². The molecule has 0 saturated carbocycles. The van der Waals surface area contributed by atoms with Crippen molar-refractivity contribution in [2.24, 2.45) is 5.92 Å². The molecule has 3 nitrogen and oxygen atoms in total. The maximum atomic E-state index is 13.1. The van der Waals surface area contributed by atoms with Gasteiger partial charge in [-0.1, -0.05) is 0 Å². The van der Waals surface area contributed by atoms with Crippen molar-refractivity contribution in [3.05, 3.63) is 46.6 Å². The summed E-state index contributed by atoms with van der Waals surface area (Å²) in [6.45, 7) is 2.81. The molecular formula is C15H17FN2O. The predicted molar refractivity (Wildman–Crippen MR) is 73.8 cm³/mol. The lowest BCUT2D eigenvalue weighted by atomic mass is 9.98. The van der Waals surface area contributed by atoms with Crippen molar-refractivity contribution in [3.8, 4) is 0 Å². The third-order valence-corrected chi connectivity index (χ3v) is 3.85. The second-order valence-corrected chi connectivity index (χ2v) is 5.20. The summed E-state index contributed by atoms with van der Waals surface area (Å²) in [5, 5.41) is 4.59. The van der Waals surface area contributed by atoms with Gasteiger partial charge in [0.2, 0.25) is 0 Å². The maximum absolute atomic E-state index is 13.1. The van der Waals surface area contributed by atoms with Crippen molar-refractivity contribution in [1.82, 2.24) is 9.88 Å². The zero-order valence-electron chi connectivity index (χ0n) is 10.7. The SMILES string of the molecule is O=c1c2ccc(F)cc2ccn1CC1CCNCC1. The summed E-state index contributed by atoms with van der Waals surface area (Å²) >= 11 is 0. The molecule has 0 radical (unpaired) electrons. The minimum atomic E-state index is -0.303. The van der Waals surface area contributed by atoms with E-state index >= 15 is 0 Å². The molecule has 100 valence electrons. The largest absolute Gasteiger partial charge is 0.317 e. The van der Waals surface area contributed by atoms with Crippen LogP contribution in [0.15, 0.2) is 35.3 Å². The van der Waals surface area contributed by atoms with Gasteiger partial charge in [-0.3, -0.25) is 4.79 Å². The van der Waals surface area contributed by atoms with Gasteiger partial charge in [0, 0.05) is 18.1 Å². The number of hydrogen-bond donors (Lipinski definition) is 1. The van der Waals surface area contributed by atoms with Crippen LogP contribution in [0.4, 0.5) is 4.39 Å². The van der Waals surface area contributed by atoms with Crippen LogP contribution in [0.3, 0.4) is 0 Å². The Morgan fingerprint density at radius 1 is 1.26 bits per heavy atom. The molecule has 1 N–H and O–H groups in total. The molecule has 0 spiro atoms. The molecule has 1 saturated heterocycles. The molecule has 1 aromatic heterocycles. The Kier molecular flexibility index (Phi) is 3.34. The fourth-order valence-corrected chi connectivity index (χ4v) is 2.75. The molecule has 1 aromatic carbocycles. The zero-order valence-corrected chi connectivity index (χ0v) is 10.7. The number of nitrogens with one attached hydrogen (secondary N) is 1. The molecule has 0 bridgehead atoms. The summed E-state index contributed by atoms with van der Waals surface area (Å²) in [5.41, 5.74) is -0.0176. The molecule has 2 aromatic rings. The first kappa shape index (κ1) is 12.4. The standard InChI is InChI=1S/C15H17FN2O/c16-13-1-2-14-12(9-13)5-8-18(15(14)19)10-11-3-6-17-7-4-11/h1-2,5,8-9,11,17H,3-4,6-7,10H2. The fourth-order valence-electron chi connectivity index (χ4n) is 2.75. The van der Waals surface area contributed by atoms with E-state index in [2.05, 4.69) is 5.32 Å². The molecule has 1 fully saturated rings. The number of hydrogen-bond acceptors (Lipinski definition) is 2. The lowest BCUT2D eigenvalue weighted by Crippen LogP contribution is -2.32. The first-order chi connectivity index (χ1) is 9.24. The van der Waals surface area contributed by atoms with E-state index in [0.29, 0.717) is 16.7 Å². The molecule has 1 aliphatic heterocycles. The average Bonchev–Trinajstić information content (AvgIpc) is 2.43. The number of rotatable bonds is 2. The number of pyridine rings is 1. The van der Waals surface area contributed by atoms with E-state index in [9.17, 15) is 9.18 Å². The molecule has 2 heterocycles. The van der Waals surface area contributed by atoms with Gasteiger partial charge >= 0.3 is 0 Å². The van der Waals surface area contributed by atoms with Gasteiger partial charge in [0.05, 0.1) is 0 Å². The van der Waals surface area contributed by atoms with E-state index in [1.54, 1.807) is 16.8 Å². The Morgan fingerprint density at radius 2 is 2.05 bits per heavy atom. The lowest BCUT2D eigenvalue weighted by molar-refractivity contribution is 0.330. The topological polar surface area (TPSA) is 34.0 Å². The van der Waals surface area contributed by atoms with E-state index in [1.807, 2.05) is 6.07 Å². The van der Waals surface area contributed by atoms with E-state index in [4.69, 9.17) is 0 Å². The fraction of sp³-hybridized carbons (Fsp3) is 0.400. The molecule has 0 atom stereocenters. The summed E-state index contributed by atoms with van der Waals surface area (Å²) in [6.07, 6.45) is 3.99. The molecular weight excluding hydrogens is 243 g/mol. The van der Waals surface area contributed by atoms with Gasteiger partial charge in [-0.25, -0.2) is 4.39 Å². The molecule has 19 heavy (non-hydrogen) atoms. The summed E-state index contributed by atoms with van der Waals surface area (Å²) < 4.78 is 14.9. The highest BCUT2D eigenvalue weighted by atomic mass is 19.1. The lowest BCUT2D eigenvalue weighted by Gasteiger charge is -2.23. The van der Waals surface area contributed by atoms with Crippen molar-refractivity contribution < 1.29 is 4.39 Å². The van der Waals surface area contributed by atoms with Gasteiger partial charge in [0.15, 0.2) is 0 Å². The van der Waals surface area contributed by atoms with Crippen molar-refractivity contribution >= 4 is 10.8 Å². The number of halogens is 1. The smallest absolute Gasteiger partial charge is 0.258 e. The quantitative estimate of drug-likeness (QED) is 0.897. The van der Waals surface area contributed by atoms with Gasteiger partial charge in [0.1, 0.15) is 5.82 Å². The number of benzene rings is 1. The van der Waals surface area contributed by atoms with E-state index < -0.39 is 0 Å². The summed E-state index contributed by atoms with van der Waals surface area (Å²) in [5.74, 6) is 0.250. The van der Waals surface area contributed by atoms with Gasteiger partial charge < -0.3 is 9.88 Å². The van der Waals surface area contributed by atoms with Gasteiger partial charge in [-0.05, 0) is 61.5 Å². The van der Waals surface area contributed by atoms with Crippen LogP contribution >= 0.6 is 0 Å². The van der Waals surface area contributed by atoms with Crippen LogP contribution in [0.5, 0.6) is 0 Å². The average molecular weight is 260 g/mol. The Labute approximate surface area is 111 Å². The van der Waals surface area contributed by atoms with Gasteiger partial charge in [0.25, 0.3) is 5.56 Å².